The maximum Gasteiger partial charge on any atom is 0.0547 e. The Kier molecular flexibility index (Phi) is 6.89. The SMILES string of the molecule is c1ccc(-c2cccc(-n3c4ccccc4c4ccc(-c5ccc6c7cc8c(cc7n(-c7ccccc7)c6c5)-c5ccccc5C85CCCCC5)cc43)c2)cc1. The standard InChI is InChI=1S/C54H40N2/c1-4-15-36(16-5-1)37-17-14-20-41(31-37)56-50-24-11-9-22-43(50)44-27-25-38(32-51(44)56)39-26-28-45-47-34-49-46(35-53(47)55(52(45)33-39)40-18-6-2-7-19-40)42-21-8-10-23-48(42)54(49)29-12-3-13-30-54/h1-2,4-11,14-28,31-35H,3,12-13,29-30H2. The number of rotatable bonds is 4. The number of hydrogen-bond donors (Lipinski definition) is 0. The van der Waals surface area contributed by atoms with Crippen LogP contribution in [0, 0.1) is 0 Å². The molecule has 1 saturated carbocycles. The number of hydrogen-bond acceptors (Lipinski definition) is 0. The number of fused-ring (bicyclic) bond motifs is 11. The van der Waals surface area contributed by atoms with Crippen molar-refractivity contribution < 1.29 is 0 Å². The minimum Gasteiger partial charge on any atom is -0.309 e. The third-order valence-electron chi connectivity index (χ3n) is 13.1. The van der Waals surface area contributed by atoms with Crippen molar-refractivity contribution in [1.29, 1.82) is 0 Å². The largest absolute Gasteiger partial charge is 0.309 e. The van der Waals surface area contributed by atoms with Crippen LogP contribution in [-0.4, -0.2) is 9.13 Å². The van der Waals surface area contributed by atoms with E-state index in [1.807, 2.05) is 0 Å². The molecule has 8 aromatic carbocycles. The molecule has 2 heteroatoms. The molecule has 2 heterocycles. The molecule has 2 nitrogen and oxygen atoms in total. The zero-order valence-corrected chi connectivity index (χ0v) is 31.3. The Morgan fingerprint density at radius 3 is 1.68 bits per heavy atom. The van der Waals surface area contributed by atoms with Gasteiger partial charge in [0.1, 0.15) is 0 Å². The van der Waals surface area contributed by atoms with Crippen LogP contribution in [0.25, 0.3) is 88.4 Å². The van der Waals surface area contributed by atoms with Crippen molar-refractivity contribution in [1.82, 2.24) is 9.13 Å². The van der Waals surface area contributed by atoms with Gasteiger partial charge >= 0.3 is 0 Å². The van der Waals surface area contributed by atoms with Gasteiger partial charge in [-0.2, -0.15) is 0 Å². The smallest absolute Gasteiger partial charge is 0.0547 e. The fourth-order valence-electron chi connectivity index (χ4n) is 10.6. The molecule has 1 fully saturated rings. The van der Waals surface area contributed by atoms with Crippen LogP contribution in [-0.2, 0) is 5.41 Å². The molecule has 0 saturated heterocycles. The van der Waals surface area contributed by atoms with Crippen LogP contribution in [0.3, 0.4) is 0 Å². The molecule has 0 amide bonds. The fourth-order valence-corrected chi connectivity index (χ4v) is 10.6. The summed E-state index contributed by atoms with van der Waals surface area (Å²) in [5.41, 5.74) is 18.2. The molecule has 12 rings (SSSR count). The number of aromatic nitrogens is 2. The summed E-state index contributed by atoms with van der Waals surface area (Å²) in [5.74, 6) is 0. The highest BCUT2D eigenvalue weighted by atomic mass is 15.0. The molecule has 0 atom stereocenters. The normalized spacial score (nSPS) is 14.6. The van der Waals surface area contributed by atoms with Gasteiger partial charge in [-0.25, -0.2) is 0 Å². The highest BCUT2D eigenvalue weighted by Crippen LogP contribution is 2.57. The molecular formula is C54H40N2. The van der Waals surface area contributed by atoms with E-state index < -0.39 is 0 Å². The molecule has 1 spiro atoms. The second-order valence-electron chi connectivity index (χ2n) is 16.0. The van der Waals surface area contributed by atoms with Gasteiger partial charge in [-0.05, 0) is 112 Å². The molecular weight excluding hydrogens is 677 g/mol. The average molecular weight is 717 g/mol. The first kappa shape index (κ1) is 31.7. The van der Waals surface area contributed by atoms with E-state index in [0.717, 1.165) is 0 Å². The molecule has 2 aromatic heterocycles. The second-order valence-corrected chi connectivity index (χ2v) is 16.0. The summed E-state index contributed by atoms with van der Waals surface area (Å²) < 4.78 is 4.95. The monoisotopic (exact) mass is 716 g/mol. The quantitative estimate of drug-likeness (QED) is 0.172. The minimum atomic E-state index is 0.119. The minimum absolute atomic E-state index is 0.119. The van der Waals surface area contributed by atoms with E-state index in [0.29, 0.717) is 0 Å². The first-order chi connectivity index (χ1) is 27.7. The molecule has 266 valence electrons. The van der Waals surface area contributed by atoms with Crippen LogP contribution in [0.5, 0.6) is 0 Å². The summed E-state index contributed by atoms with van der Waals surface area (Å²) in [7, 11) is 0. The highest BCUT2D eigenvalue weighted by molar-refractivity contribution is 6.13. The Balaban J connectivity index is 1.08. The number of nitrogens with zero attached hydrogens (tertiary/aromatic N) is 2. The van der Waals surface area contributed by atoms with Crippen molar-refractivity contribution >= 4 is 43.6 Å². The zero-order valence-electron chi connectivity index (χ0n) is 31.3. The van der Waals surface area contributed by atoms with Crippen LogP contribution in [0.4, 0.5) is 0 Å². The topological polar surface area (TPSA) is 9.86 Å². The lowest BCUT2D eigenvalue weighted by molar-refractivity contribution is 0.353. The maximum atomic E-state index is 2.59. The third kappa shape index (κ3) is 4.56. The first-order valence-electron chi connectivity index (χ1n) is 20.2. The number of para-hydroxylation sites is 2. The highest BCUT2D eigenvalue weighted by Gasteiger charge is 2.44. The van der Waals surface area contributed by atoms with Crippen molar-refractivity contribution in [2.45, 2.75) is 37.5 Å². The Hall–Kier alpha value is -6.64. The Morgan fingerprint density at radius 2 is 0.893 bits per heavy atom. The average Bonchev–Trinajstić information content (AvgIpc) is 3.87. The molecule has 0 aliphatic heterocycles. The van der Waals surface area contributed by atoms with E-state index >= 15 is 0 Å². The van der Waals surface area contributed by atoms with Gasteiger partial charge in [0.05, 0.1) is 22.1 Å². The lowest BCUT2D eigenvalue weighted by Gasteiger charge is -2.36. The van der Waals surface area contributed by atoms with Crippen molar-refractivity contribution in [3.05, 3.63) is 193 Å². The van der Waals surface area contributed by atoms with Crippen LogP contribution < -0.4 is 0 Å². The summed E-state index contributed by atoms with van der Waals surface area (Å²) in [5, 5.41) is 5.19. The van der Waals surface area contributed by atoms with Gasteiger partial charge in [-0.3, -0.25) is 0 Å². The van der Waals surface area contributed by atoms with Crippen molar-refractivity contribution in [3.63, 3.8) is 0 Å². The maximum absolute atomic E-state index is 2.59. The molecule has 0 radical (unpaired) electrons. The number of benzene rings is 8. The fraction of sp³-hybridized carbons (Fsp3) is 0.111. The van der Waals surface area contributed by atoms with E-state index in [1.54, 1.807) is 5.56 Å². The molecule has 0 N–H and O–H groups in total. The van der Waals surface area contributed by atoms with E-state index in [4.69, 9.17) is 0 Å². The molecule has 10 aromatic rings. The van der Waals surface area contributed by atoms with Crippen LogP contribution in [0.1, 0.15) is 43.2 Å². The van der Waals surface area contributed by atoms with Crippen LogP contribution >= 0.6 is 0 Å². The predicted molar refractivity (Wildman–Crippen MR) is 235 cm³/mol. The third-order valence-corrected chi connectivity index (χ3v) is 13.1. The van der Waals surface area contributed by atoms with Gasteiger partial charge in [0, 0.05) is 38.3 Å². The van der Waals surface area contributed by atoms with E-state index in [1.165, 1.54) is 126 Å². The lowest BCUT2D eigenvalue weighted by Crippen LogP contribution is -2.27. The molecule has 56 heavy (non-hydrogen) atoms. The summed E-state index contributed by atoms with van der Waals surface area (Å²) in [4.78, 5) is 0. The van der Waals surface area contributed by atoms with Crippen molar-refractivity contribution in [2.24, 2.45) is 0 Å². The van der Waals surface area contributed by atoms with Crippen molar-refractivity contribution in [2.75, 3.05) is 0 Å². The van der Waals surface area contributed by atoms with Crippen molar-refractivity contribution in [3.8, 4) is 44.8 Å². The predicted octanol–water partition coefficient (Wildman–Crippen LogP) is 14.4. The Bertz CT molecular complexity index is 3160. The Morgan fingerprint density at radius 1 is 0.321 bits per heavy atom. The lowest BCUT2D eigenvalue weighted by atomic mass is 9.68. The van der Waals surface area contributed by atoms with Gasteiger partial charge in [-0.1, -0.05) is 147 Å². The van der Waals surface area contributed by atoms with Gasteiger partial charge in [-0.15, -0.1) is 0 Å². The van der Waals surface area contributed by atoms with Gasteiger partial charge in [0.25, 0.3) is 0 Å². The van der Waals surface area contributed by atoms with Crippen LogP contribution in [0.2, 0.25) is 0 Å². The first-order valence-corrected chi connectivity index (χ1v) is 20.2. The van der Waals surface area contributed by atoms with E-state index in [-0.39, 0.29) is 5.41 Å². The van der Waals surface area contributed by atoms with E-state index in [2.05, 4.69) is 191 Å². The summed E-state index contributed by atoms with van der Waals surface area (Å²) in [6.45, 7) is 0. The molecule has 0 unspecified atom stereocenters. The summed E-state index contributed by atoms with van der Waals surface area (Å²) in [6, 6.07) is 68.0. The molecule has 2 aliphatic carbocycles. The van der Waals surface area contributed by atoms with Gasteiger partial charge < -0.3 is 9.13 Å². The zero-order chi connectivity index (χ0) is 36.8. The van der Waals surface area contributed by atoms with Gasteiger partial charge in [0.15, 0.2) is 0 Å². The Labute approximate surface area is 326 Å². The molecule has 0 bridgehead atoms. The molecule has 2 aliphatic rings. The van der Waals surface area contributed by atoms with Crippen LogP contribution in [0.15, 0.2) is 182 Å². The van der Waals surface area contributed by atoms with Gasteiger partial charge in [0.2, 0.25) is 0 Å². The summed E-state index contributed by atoms with van der Waals surface area (Å²) >= 11 is 0. The summed E-state index contributed by atoms with van der Waals surface area (Å²) in [6.07, 6.45) is 6.40. The van der Waals surface area contributed by atoms with E-state index in [9.17, 15) is 0 Å². The second kappa shape index (κ2) is 12.2.